The first-order valence-corrected chi connectivity index (χ1v) is 4.88. The zero-order valence-corrected chi connectivity index (χ0v) is 8.22. The zero-order valence-electron chi connectivity index (χ0n) is 8.22. The van der Waals surface area contributed by atoms with Crippen molar-refractivity contribution in [3.8, 4) is 0 Å². The van der Waals surface area contributed by atoms with Gasteiger partial charge in [0.1, 0.15) is 5.67 Å². The number of hydrogen-bond donors (Lipinski definition) is 0. The van der Waals surface area contributed by atoms with Gasteiger partial charge in [-0.3, -0.25) is 4.79 Å². The van der Waals surface area contributed by atoms with E-state index in [0.29, 0.717) is 24.8 Å². The van der Waals surface area contributed by atoms with Crippen molar-refractivity contribution in [3.63, 3.8) is 0 Å². The Morgan fingerprint density at radius 3 is 2.36 bits per heavy atom. The largest absolute Gasteiger partial charge is 0.295 e. The van der Waals surface area contributed by atoms with Gasteiger partial charge in [-0.05, 0) is 25.3 Å². The monoisotopic (exact) mass is 192 g/mol. The molecule has 0 aliphatic heterocycles. The normalized spacial score (nSPS) is 17.9. The zero-order chi connectivity index (χ0) is 10.2. The van der Waals surface area contributed by atoms with E-state index < -0.39 is 5.67 Å². The number of halogens is 1. The standard InChI is InChI=1S/C12H13FO/c1-9(14)11-4-2-10(3-5-11)8-12(13)6-7-12/h2-5H,6-8H2,1H3. The van der Waals surface area contributed by atoms with Crippen molar-refractivity contribution in [1.82, 2.24) is 0 Å². The Morgan fingerprint density at radius 1 is 1.36 bits per heavy atom. The third-order valence-electron chi connectivity index (χ3n) is 2.67. The molecule has 0 radical (unpaired) electrons. The van der Waals surface area contributed by atoms with E-state index in [0.717, 1.165) is 5.56 Å². The van der Waals surface area contributed by atoms with Crippen LogP contribution >= 0.6 is 0 Å². The van der Waals surface area contributed by atoms with Gasteiger partial charge in [-0.2, -0.15) is 0 Å². The van der Waals surface area contributed by atoms with E-state index in [1.807, 2.05) is 12.1 Å². The lowest BCUT2D eigenvalue weighted by molar-refractivity contribution is 0.101. The third-order valence-corrected chi connectivity index (χ3v) is 2.67. The van der Waals surface area contributed by atoms with Crippen LogP contribution < -0.4 is 0 Å². The van der Waals surface area contributed by atoms with Gasteiger partial charge in [0.15, 0.2) is 5.78 Å². The minimum Gasteiger partial charge on any atom is -0.295 e. The maximum absolute atomic E-state index is 13.4. The minimum absolute atomic E-state index is 0.0536. The predicted octanol–water partition coefficient (Wildman–Crippen LogP) is 2.93. The Morgan fingerprint density at radius 2 is 1.93 bits per heavy atom. The molecule has 74 valence electrons. The topological polar surface area (TPSA) is 17.1 Å². The number of carbonyl (C=O) groups excluding carboxylic acids is 1. The molecule has 1 nitrogen and oxygen atoms in total. The van der Waals surface area contributed by atoms with Crippen molar-refractivity contribution in [3.05, 3.63) is 35.4 Å². The Kier molecular flexibility index (Phi) is 2.14. The first-order valence-electron chi connectivity index (χ1n) is 4.88. The summed E-state index contributed by atoms with van der Waals surface area (Å²) in [5.41, 5.74) is 0.727. The molecule has 1 fully saturated rings. The van der Waals surface area contributed by atoms with Crippen LogP contribution in [0, 0.1) is 0 Å². The van der Waals surface area contributed by atoms with Crippen molar-refractivity contribution in [1.29, 1.82) is 0 Å². The molecule has 0 heterocycles. The summed E-state index contributed by atoms with van der Waals surface area (Å²) in [7, 11) is 0. The van der Waals surface area contributed by atoms with E-state index in [-0.39, 0.29) is 5.78 Å². The van der Waals surface area contributed by atoms with Gasteiger partial charge < -0.3 is 0 Å². The lowest BCUT2D eigenvalue weighted by Crippen LogP contribution is -2.04. The Bertz CT molecular complexity index is 349. The van der Waals surface area contributed by atoms with Crippen LogP contribution in [0.15, 0.2) is 24.3 Å². The molecule has 1 aromatic carbocycles. The van der Waals surface area contributed by atoms with Crippen LogP contribution in [-0.2, 0) is 6.42 Å². The van der Waals surface area contributed by atoms with Crippen LogP contribution in [0.1, 0.15) is 35.7 Å². The van der Waals surface area contributed by atoms with Crippen LogP contribution in [-0.4, -0.2) is 11.5 Å². The second kappa shape index (κ2) is 3.19. The molecule has 0 spiro atoms. The van der Waals surface area contributed by atoms with Gasteiger partial charge in [-0.1, -0.05) is 24.3 Å². The molecule has 2 heteroatoms. The van der Waals surface area contributed by atoms with Crippen molar-refractivity contribution < 1.29 is 9.18 Å². The molecule has 0 amide bonds. The fraction of sp³-hybridized carbons (Fsp3) is 0.417. The average Bonchev–Trinajstić information content (AvgIpc) is 2.84. The van der Waals surface area contributed by atoms with Crippen LogP contribution in [0.3, 0.4) is 0 Å². The number of benzene rings is 1. The molecule has 0 atom stereocenters. The predicted molar refractivity (Wildman–Crippen MR) is 53.2 cm³/mol. The van der Waals surface area contributed by atoms with E-state index in [4.69, 9.17) is 0 Å². The summed E-state index contributed by atoms with van der Waals surface area (Å²) >= 11 is 0. The lowest BCUT2D eigenvalue weighted by Gasteiger charge is -2.05. The van der Waals surface area contributed by atoms with E-state index in [2.05, 4.69) is 0 Å². The summed E-state index contributed by atoms with van der Waals surface area (Å²) in [6.07, 6.45) is 1.86. The molecule has 0 N–H and O–H groups in total. The second-order valence-corrected chi connectivity index (χ2v) is 4.08. The van der Waals surface area contributed by atoms with Gasteiger partial charge >= 0.3 is 0 Å². The van der Waals surface area contributed by atoms with Gasteiger partial charge in [0.05, 0.1) is 0 Å². The van der Waals surface area contributed by atoms with E-state index in [9.17, 15) is 9.18 Å². The highest BCUT2D eigenvalue weighted by Gasteiger charge is 2.42. The number of Topliss-reactive ketones (excluding diaryl/α,β-unsaturated/α-hetero) is 1. The van der Waals surface area contributed by atoms with Crippen molar-refractivity contribution in [2.75, 3.05) is 0 Å². The maximum atomic E-state index is 13.4. The minimum atomic E-state index is -0.947. The molecule has 0 bridgehead atoms. The Balaban J connectivity index is 2.10. The molecule has 2 rings (SSSR count). The molecule has 1 aliphatic carbocycles. The number of hydrogen-bond acceptors (Lipinski definition) is 1. The van der Waals surface area contributed by atoms with Crippen LogP contribution in [0.4, 0.5) is 4.39 Å². The quantitative estimate of drug-likeness (QED) is 0.673. The van der Waals surface area contributed by atoms with Gasteiger partial charge in [-0.15, -0.1) is 0 Å². The Labute approximate surface area is 82.9 Å². The van der Waals surface area contributed by atoms with Gasteiger partial charge in [0.25, 0.3) is 0 Å². The van der Waals surface area contributed by atoms with Crippen molar-refractivity contribution in [2.45, 2.75) is 31.9 Å². The molecular weight excluding hydrogens is 179 g/mol. The van der Waals surface area contributed by atoms with Crippen LogP contribution in [0.25, 0.3) is 0 Å². The molecular formula is C12H13FO. The SMILES string of the molecule is CC(=O)c1ccc(CC2(F)CC2)cc1. The summed E-state index contributed by atoms with van der Waals surface area (Å²) in [4.78, 5) is 11.0. The first kappa shape index (κ1) is 9.38. The Hall–Kier alpha value is -1.18. The highest BCUT2D eigenvalue weighted by molar-refractivity contribution is 5.93. The summed E-state index contributed by atoms with van der Waals surface area (Å²) in [5.74, 6) is 0.0536. The third kappa shape index (κ3) is 2.00. The van der Waals surface area contributed by atoms with E-state index in [1.54, 1.807) is 12.1 Å². The maximum Gasteiger partial charge on any atom is 0.159 e. The van der Waals surface area contributed by atoms with Gasteiger partial charge in [-0.25, -0.2) is 4.39 Å². The number of ketones is 1. The molecule has 0 unspecified atom stereocenters. The number of rotatable bonds is 3. The van der Waals surface area contributed by atoms with Gasteiger partial charge in [0, 0.05) is 12.0 Å². The number of carbonyl (C=O) groups is 1. The molecule has 1 aromatic rings. The summed E-state index contributed by atoms with van der Waals surface area (Å²) in [5, 5.41) is 0. The van der Waals surface area contributed by atoms with Crippen molar-refractivity contribution in [2.24, 2.45) is 0 Å². The van der Waals surface area contributed by atoms with Gasteiger partial charge in [0.2, 0.25) is 0 Å². The van der Waals surface area contributed by atoms with E-state index >= 15 is 0 Å². The lowest BCUT2D eigenvalue weighted by atomic mass is 10.0. The van der Waals surface area contributed by atoms with Crippen LogP contribution in [0.5, 0.6) is 0 Å². The van der Waals surface area contributed by atoms with Crippen LogP contribution in [0.2, 0.25) is 0 Å². The first-order chi connectivity index (χ1) is 6.59. The highest BCUT2D eigenvalue weighted by atomic mass is 19.1. The average molecular weight is 192 g/mol. The molecule has 1 saturated carbocycles. The summed E-state index contributed by atoms with van der Waals surface area (Å²) in [6.45, 7) is 1.53. The van der Waals surface area contributed by atoms with Crippen molar-refractivity contribution >= 4 is 5.78 Å². The highest BCUT2D eigenvalue weighted by Crippen LogP contribution is 2.42. The molecule has 0 saturated heterocycles. The number of alkyl halides is 1. The fourth-order valence-electron chi connectivity index (χ4n) is 1.54. The molecule has 1 aliphatic rings. The fourth-order valence-corrected chi connectivity index (χ4v) is 1.54. The molecule has 0 aromatic heterocycles. The summed E-state index contributed by atoms with van der Waals surface area (Å²) < 4.78 is 13.4. The summed E-state index contributed by atoms with van der Waals surface area (Å²) in [6, 6.07) is 7.22. The molecule has 14 heavy (non-hydrogen) atoms. The van der Waals surface area contributed by atoms with E-state index in [1.165, 1.54) is 6.92 Å². The second-order valence-electron chi connectivity index (χ2n) is 4.08. The smallest absolute Gasteiger partial charge is 0.159 e.